The van der Waals surface area contributed by atoms with Gasteiger partial charge in [-0.15, -0.1) is 0 Å². The van der Waals surface area contributed by atoms with E-state index in [1.165, 1.54) is 24.8 Å². The van der Waals surface area contributed by atoms with Crippen molar-refractivity contribution < 1.29 is 9.53 Å². The third-order valence-corrected chi connectivity index (χ3v) is 5.55. The topological polar surface area (TPSA) is 38.3 Å². The average Bonchev–Trinajstić information content (AvgIpc) is 3.11. The minimum Gasteiger partial charge on any atom is -0.480 e. The van der Waals surface area contributed by atoms with Crippen molar-refractivity contribution in [2.45, 2.75) is 65.0 Å². The molecule has 4 atom stereocenters. The maximum absolute atomic E-state index is 12.6. The van der Waals surface area contributed by atoms with E-state index >= 15 is 0 Å². The molecule has 2 aliphatic rings. The van der Waals surface area contributed by atoms with Crippen molar-refractivity contribution in [3.63, 3.8) is 0 Å². The zero-order chi connectivity index (χ0) is 15.7. The monoisotopic (exact) mass is 301 g/mol. The van der Waals surface area contributed by atoms with Gasteiger partial charge < -0.3 is 10.1 Å². The molecule has 120 valence electrons. The van der Waals surface area contributed by atoms with Crippen LogP contribution in [0.2, 0.25) is 0 Å². The van der Waals surface area contributed by atoms with Gasteiger partial charge >= 0.3 is 0 Å². The van der Waals surface area contributed by atoms with E-state index in [2.05, 4.69) is 18.3 Å². The third-order valence-electron chi connectivity index (χ3n) is 5.55. The van der Waals surface area contributed by atoms with E-state index in [4.69, 9.17) is 4.74 Å². The number of nitrogens with one attached hydrogen (secondary N) is 1. The third kappa shape index (κ3) is 2.99. The zero-order valence-electron chi connectivity index (χ0n) is 13.9. The van der Waals surface area contributed by atoms with Crippen LogP contribution in [0.3, 0.4) is 0 Å². The van der Waals surface area contributed by atoms with Gasteiger partial charge in [0.1, 0.15) is 5.75 Å². The van der Waals surface area contributed by atoms with Crippen molar-refractivity contribution in [3.8, 4) is 5.75 Å². The molecule has 0 saturated heterocycles. The number of hydrogen-bond donors (Lipinski definition) is 1. The minimum absolute atomic E-state index is 0.0564. The van der Waals surface area contributed by atoms with E-state index in [9.17, 15) is 4.79 Å². The number of benzene rings is 1. The minimum atomic E-state index is -0.389. The summed E-state index contributed by atoms with van der Waals surface area (Å²) in [5.74, 6) is 2.43. The van der Waals surface area contributed by atoms with Crippen LogP contribution < -0.4 is 10.1 Å². The van der Waals surface area contributed by atoms with Crippen LogP contribution in [-0.2, 0) is 4.79 Å². The molecule has 0 heterocycles. The summed E-state index contributed by atoms with van der Waals surface area (Å²) in [4.78, 5) is 12.6. The normalized spacial score (nSPS) is 27.7. The Balaban J connectivity index is 1.63. The second-order valence-electron chi connectivity index (χ2n) is 7.00. The van der Waals surface area contributed by atoms with Crippen LogP contribution in [-0.4, -0.2) is 18.1 Å². The first-order valence-electron chi connectivity index (χ1n) is 8.61. The fourth-order valence-electron chi connectivity index (χ4n) is 4.02. The predicted octanol–water partition coefficient (Wildman–Crippen LogP) is 3.77. The van der Waals surface area contributed by atoms with Crippen LogP contribution in [0.4, 0.5) is 0 Å². The molecule has 1 amide bonds. The summed E-state index contributed by atoms with van der Waals surface area (Å²) in [7, 11) is 0. The Morgan fingerprint density at radius 3 is 2.77 bits per heavy atom. The standard InChI is InChI=1S/C19H27NO2/c1-4-17(22-18-7-5-6-12(2)13(18)3)19(21)20-16-11-14-8-9-15(16)10-14/h5-7,14-17H,4,8-11H2,1-3H3,(H,20,21)/t14-,15-,16-,17-/m0/s1. The van der Waals surface area contributed by atoms with Gasteiger partial charge in [-0.2, -0.15) is 0 Å². The molecular formula is C19H27NO2. The predicted molar refractivity (Wildman–Crippen MR) is 88.0 cm³/mol. The van der Waals surface area contributed by atoms with Crippen molar-refractivity contribution >= 4 is 5.91 Å². The first kappa shape index (κ1) is 15.4. The molecule has 0 aliphatic heterocycles. The number of carbonyl (C=O) groups excluding carboxylic acids is 1. The molecule has 2 saturated carbocycles. The lowest BCUT2D eigenvalue weighted by molar-refractivity contribution is -0.129. The number of rotatable bonds is 5. The van der Waals surface area contributed by atoms with E-state index < -0.39 is 0 Å². The first-order valence-corrected chi connectivity index (χ1v) is 8.61. The molecule has 3 nitrogen and oxygen atoms in total. The molecule has 0 radical (unpaired) electrons. The molecule has 0 unspecified atom stereocenters. The highest BCUT2D eigenvalue weighted by Crippen LogP contribution is 2.44. The molecule has 0 spiro atoms. The van der Waals surface area contributed by atoms with Crippen molar-refractivity contribution in [1.82, 2.24) is 5.32 Å². The summed E-state index contributed by atoms with van der Waals surface area (Å²) >= 11 is 0. The summed E-state index contributed by atoms with van der Waals surface area (Å²) in [6.07, 6.45) is 5.41. The number of hydrogen-bond acceptors (Lipinski definition) is 2. The Bertz CT molecular complexity index is 554. The Morgan fingerprint density at radius 1 is 1.32 bits per heavy atom. The van der Waals surface area contributed by atoms with Gasteiger partial charge in [0.25, 0.3) is 5.91 Å². The first-order chi connectivity index (χ1) is 10.6. The van der Waals surface area contributed by atoms with Crippen LogP contribution in [0.1, 0.15) is 50.2 Å². The summed E-state index contributed by atoms with van der Waals surface area (Å²) in [6.45, 7) is 6.12. The van der Waals surface area contributed by atoms with E-state index in [-0.39, 0.29) is 12.0 Å². The van der Waals surface area contributed by atoms with Gasteiger partial charge in [0.2, 0.25) is 0 Å². The molecule has 2 fully saturated rings. The van der Waals surface area contributed by atoms with Gasteiger partial charge in [0.05, 0.1) is 0 Å². The Labute approximate surface area is 133 Å². The van der Waals surface area contributed by atoms with Gasteiger partial charge in [-0.05, 0) is 68.6 Å². The van der Waals surface area contributed by atoms with E-state index in [0.29, 0.717) is 18.4 Å². The number of amides is 1. The molecular weight excluding hydrogens is 274 g/mol. The van der Waals surface area contributed by atoms with Crippen LogP contribution in [0, 0.1) is 25.7 Å². The van der Waals surface area contributed by atoms with Crippen LogP contribution >= 0.6 is 0 Å². The number of aryl methyl sites for hydroxylation is 1. The highest BCUT2D eigenvalue weighted by atomic mass is 16.5. The lowest BCUT2D eigenvalue weighted by Crippen LogP contribution is -2.45. The lowest BCUT2D eigenvalue weighted by atomic mass is 9.95. The van der Waals surface area contributed by atoms with Gasteiger partial charge in [-0.3, -0.25) is 4.79 Å². The van der Waals surface area contributed by atoms with Gasteiger partial charge in [0, 0.05) is 6.04 Å². The molecule has 2 aliphatic carbocycles. The highest BCUT2D eigenvalue weighted by molar-refractivity contribution is 5.81. The largest absolute Gasteiger partial charge is 0.480 e. The Hall–Kier alpha value is -1.51. The smallest absolute Gasteiger partial charge is 0.261 e. The number of carbonyl (C=O) groups is 1. The number of ether oxygens (including phenoxy) is 1. The summed E-state index contributed by atoms with van der Waals surface area (Å²) in [5.41, 5.74) is 2.31. The quantitative estimate of drug-likeness (QED) is 0.899. The molecule has 1 N–H and O–H groups in total. The molecule has 2 bridgehead atoms. The second-order valence-corrected chi connectivity index (χ2v) is 7.00. The van der Waals surface area contributed by atoms with Crippen LogP contribution in [0.15, 0.2) is 18.2 Å². The molecule has 0 aromatic heterocycles. The van der Waals surface area contributed by atoms with Crippen LogP contribution in [0.5, 0.6) is 5.75 Å². The van der Waals surface area contributed by atoms with E-state index in [1.54, 1.807) is 0 Å². The van der Waals surface area contributed by atoms with Gasteiger partial charge in [0.15, 0.2) is 6.10 Å². The van der Waals surface area contributed by atoms with Gasteiger partial charge in [-0.25, -0.2) is 0 Å². The van der Waals surface area contributed by atoms with Crippen molar-refractivity contribution in [2.24, 2.45) is 11.8 Å². The maximum Gasteiger partial charge on any atom is 0.261 e. The summed E-state index contributed by atoms with van der Waals surface area (Å²) in [6, 6.07) is 6.38. The Kier molecular flexibility index (Phi) is 4.42. The van der Waals surface area contributed by atoms with Crippen molar-refractivity contribution in [2.75, 3.05) is 0 Å². The summed E-state index contributed by atoms with van der Waals surface area (Å²) in [5, 5.41) is 3.25. The lowest BCUT2D eigenvalue weighted by Gasteiger charge is -2.26. The SMILES string of the molecule is CC[C@H](Oc1cccc(C)c1C)C(=O)N[C@H]1C[C@H]2CC[C@H]1C2. The second kappa shape index (κ2) is 6.31. The zero-order valence-corrected chi connectivity index (χ0v) is 13.9. The highest BCUT2D eigenvalue weighted by Gasteiger charge is 2.40. The van der Waals surface area contributed by atoms with Crippen LogP contribution in [0.25, 0.3) is 0 Å². The molecule has 3 heteroatoms. The van der Waals surface area contributed by atoms with E-state index in [0.717, 1.165) is 23.7 Å². The fourth-order valence-corrected chi connectivity index (χ4v) is 4.02. The maximum atomic E-state index is 12.6. The Morgan fingerprint density at radius 2 is 2.14 bits per heavy atom. The van der Waals surface area contributed by atoms with Crippen molar-refractivity contribution in [3.05, 3.63) is 29.3 Å². The van der Waals surface area contributed by atoms with Crippen molar-refractivity contribution in [1.29, 1.82) is 0 Å². The van der Waals surface area contributed by atoms with Gasteiger partial charge in [-0.1, -0.05) is 25.5 Å². The number of fused-ring (bicyclic) bond motifs is 2. The average molecular weight is 301 g/mol. The molecule has 3 rings (SSSR count). The molecule has 22 heavy (non-hydrogen) atoms. The summed E-state index contributed by atoms with van der Waals surface area (Å²) < 4.78 is 6.02. The molecule has 1 aromatic carbocycles. The van der Waals surface area contributed by atoms with E-state index in [1.807, 2.05) is 26.0 Å². The molecule has 1 aromatic rings. The fraction of sp³-hybridized carbons (Fsp3) is 0.632.